The molecular weight excluding hydrogens is 259 g/mol. The summed E-state index contributed by atoms with van der Waals surface area (Å²) in [7, 11) is -2.47. The van der Waals surface area contributed by atoms with Gasteiger partial charge in [0.2, 0.25) is 5.91 Å². The van der Waals surface area contributed by atoms with Gasteiger partial charge in [-0.3, -0.25) is 4.79 Å². The Morgan fingerprint density at radius 2 is 2.11 bits per heavy atom. The Bertz CT molecular complexity index is 600. The number of hydrogen-bond acceptors (Lipinski definition) is 4. The third kappa shape index (κ3) is 1.94. The van der Waals surface area contributed by atoms with E-state index >= 15 is 0 Å². The smallest absolute Gasteiger partial charge is 0.241 e. The van der Waals surface area contributed by atoms with Crippen LogP contribution in [0.2, 0.25) is 0 Å². The van der Waals surface area contributed by atoms with E-state index in [-0.39, 0.29) is 12.1 Å². The number of sulfone groups is 1. The van der Waals surface area contributed by atoms with Crippen molar-refractivity contribution in [3.63, 3.8) is 0 Å². The first-order valence-electron chi connectivity index (χ1n) is 5.38. The maximum Gasteiger partial charge on any atom is 0.241 e. The lowest BCUT2D eigenvalue weighted by molar-refractivity contribution is -0.126. The van der Waals surface area contributed by atoms with Crippen molar-refractivity contribution in [2.24, 2.45) is 0 Å². The molecule has 0 aromatic heterocycles. The van der Waals surface area contributed by atoms with Crippen molar-refractivity contribution in [1.82, 2.24) is 4.90 Å². The molecule has 2 N–H and O–H groups in total. The average molecular weight is 272 g/mol. The molecule has 0 aliphatic carbocycles. The molecule has 1 atom stereocenters. The number of rotatable bonds is 2. The Balaban J connectivity index is 2.46. The fourth-order valence-electron chi connectivity index (χ4n) is 1.98. The fraction of sp³-hybridized carbons (Fsp3) is 0.364. The molecule has 98 valence electrons. The second-order valence-electron chi connectivity index (χ2n) is 4.27. The van der Waals surface area contributed by atoms with Crippen LogP contribution >= 0.6 is 0 Å². The van der Waals surface area contributed by atoms with E-state index in [1.807, 2.05) is 0 Å². The lowest BCUT2D eigenvalue weighted by atomic mass is 10.3. The van der Waals surface area contributed by atoms with E-state index in [0.717, 1.165) is 12.1 Å². The van der Waals surface area contributed by atoms with Gasteiger partial charge in [0.1, 0.15) is 16.0 Å². The van der Waals surface area contributed by atoms with Crippen LogP contribution in [-0.2, 0) is 14.6 Å². The summed E-state index contributed by atoms with van der Waals surface area (Å²) < 4.78 is 38.0. The summed E-state index contributed by atoms with van der Waals surface area (Å²) >= 11 is 0. The fourth-order valence-corrected chi connectivity index (χ4v) is 3.74. The monoisotopic (exact) mass is 272 g/mol. The van der Waals surface area contributed by atoms with Gasteiger partial charge in [-0.1, -0.05) is 0 Å². The number of halogens is 1. The molecule has 1 aliphatic rings. The lowest BCUT2D eigenvalue weighted by Crippen LogP contribution is -2.32. The molecule has 18 heavy (non-hydrogen) atoms. The molecule has 1 amide bonds. The van der Waals surface area contributed by atoms with E-state index in [1.54, 1.807) is 0 Å². The molecule has 0 spiro atoms. The van der Waals surface area contributed by atoms with Crippen molar-refractivity contribution in [3.8, 4) is 0 Å². The molecule has 1 aromatic rings. The molecule has 1 aliphatic heterocycles. The molecule has 1 saturated heterocycles. The van der Waals surface area contributed by atoms with Gasteiger partial charge in [0, 0.05) is 19.3 Å². The highest BCUT2D eigenvalue weighted by atomic mass is 32.2. The largest absolute Gasteiger partial charge is 0.399 e. The highest BCUT2D eigenvalue weighted by molar-refractivity contribution is 7.92. The highest BCUT2D eigenvalue weighted by Crippen LogP contribution is 2.27. The molecule has 1 heterocycles. The minimum Gasteiger partial charge on any atom is -0.399 e. The minimum absolute atomic E-state index is 0.140. The van der Waals surface area contributed by atoms with E-state index < -0.39 is 31.7 Å². The van der Waals surface area contributed by atoms with Gasteiger partial charge in [0.05, 0.1) is 0 Å². The number of carbonyl (C=O) groups excluding carboxylic acids is 1. The summed E-state index contributed by atoms with van der Waals surface area (Å²) in [6, 6.07) is 3.35. The van der Waals surface area contributed by atoms with Gasteiger partial charge in [0.15, 0.2) is 9.84 Å². The molecule has 0 bridgehead atoms. The molecule has 0 saturated carbocycles. The van der Waals surface area contributed by atoms with Crippen LogP contribution in [-0.4, -0.2) is 38.1 Å². The van der Waals surface area contributed by atoms with Crippen molar-refractivity contribution >= 4 is 21.4 Å². The van der Waals surface area contributed by atoms with E-state index in [4.69, 9.17) is 5.73 Å². The number of likely N-dealkylation sites (tertiary alicyclic amines) is 1. The van der Waals surface area contributed by atoms with Crippen molar-refractivity contribution in [3.05, 3.63) is 24.0 Å². The zero-order valence-corrected chi connectivity index (χ0v) is 10.6. The molecule has 1 aromatic carbocycles. The van der Waals surface area contributed by atoms with Gasteiger partial charge < -0.3 is 10.6 Å². The second kappa shape index (κ2) is 4.24. The Hall–Kier alpha value is -1.63. The standard InChI is InChI=1S/C11H13FN2O3S/c1-14-5-4-10(11(14)15)18(16,17)9-3-2-7(13)6-8(9)12/h2-3,6,10H,4-5,13H2,1H3. The summed E-state index contributed by atoms with van der Waals surface area (Å²) in [6.45, 7) is 0.360. The molecule has 1 unspecified atom stereocenters. The number of amides is 1. The van der Waals surface area contributed by atoms with Crippen LogP contribution in [0.5, 0.6) is 0 Å². The number of anilines is 1. The maximum absolute atomic E-state index is 13.6. The predicted octanol–water partition coefficient (Wildman–Crippen LogP) is 0.412. The molecule has 0 radical (unpaired) electrons. The van der Waals surface area contributed by atoms with Gasteiger partial charge in [-0.2, -0.15) is 0 Å². The first-order valence-corrected chi connectivity index (χ1v) is 6.92. The first-order chi connectivity index (χ1) is 8.34. The number of nitrogens with two attached hydrogens (primary N) is 1. The Morgan fingerprint density at radius 1 is 1.44 bits per heavy atom. The van der Waals surface area contributed by atoms with Gasteiger partial charge >= 0.3 is 0 Å². The molecule has 2 rings (SSSR count). The SMILES string of the molecule is CN1CCC(S(=O)(=O)c2ccc(N)cc2F)C1=O. The van der Waals surface area contributed by atoms with E-state index in [1.165, 1.54) is 18.0 Å². The number of nitrogen functional groups attached to an aromatic ring is 1. The van der Waals surface area contributed by atoms with Gasteiger partial charge in [0.25, 0.3) is 0 Å². The average Bonchev–Trinajstić information content (AvgIpc) is 2.59. The minimum atomic E-state index is -3.99. The summed E-state index contributed by atoms with van der Waals surface area (Å²) in [5.74, 6) is -1.41. The number of hydrogen-bond donors (Lipinski definition) is 1. The van der Waals surface area contributed by atoms with Crippen LogP contribution < -0.4 is 5.73 Å². The summed E-state index contributed by atoms with van der Waals surface area (Å²) in [6.07, 6.45) is 0.182. The summed E-state index contributed by atoms with van der Waals surface area (Å²) in [4.78, 5) is 12.6. The van der Waals surface area contributed by atoms with Crippen molar-refractivity contribution in [2.75, 3.05) is 19.3 Å². The number of carbonyl (C=O) groups is 1. The van der Waals surface area contributed by atoms with E-state index in [0.29, 0.717) is 6.54 Å². The third-order valence-electron chi connectivity index (χ3n) is 3.02. The van der Waals surface area contributed by atoms with E-state index in [9.17, 15) is 17.6 Å². The second-order valence-corrected chi connectivity index (χ2v) is 6.37. The van der Waals surface area contributed by atoms with Crippen LogP contribution in [0.25, 0.3) is 0 Å². The van der Waals surface area contributed by atoms with Gasteiger partial charge in [-0.25, -0.2) is 12.8 Å². The van der Waals surface area contributed by atoms with Crippen molar-refractivity contribution in [1.29, 1.82) is 0 Å². The highest BCUT2D eigenvalue weighted by Gasteiger charge is 2.41. The molecular formula is C11H13FN2O3S. The predicted molar refractivity (Wildman–Crippen MR) is 64.0 cm³/mol. The van der Waals surface area contributed by atoms with Crippen LogP contribution in [0.4, 0.5) is 10.1 Å². The Morgan fingerprint density at radius 3 is 2.61 bits per heavy atom. The van der Waals surface area contributed by atoms with Gasteiger partial charge in [-0.05, 0) is 24.6 Å². The van der Waals surface area contributed by atoms with Crippen LogP contribution in [0.15, 0.2) is 23.1 Å². The van der Waals surface area contributed by atoms with Crippen molar-refractivity contribution in [2.45, 2.75) is 16.6 Å². The zero-order valence-electron chi connectivity index (χ0n) is 9.76. The molecule has 7 heteroatoms. The number of benzene rings is 1. The normalized spacial score (nSPS) is 20.4. The summed E-state index contributed by atoms with van der Waals surface area (Å²) in [5.41, 5.74) is 5.50. The van der Waals surface area contributed by atoms with E-state index in [2.05, 4.69) is 0 Å². The maximum atomic E-state index is 13.6. The van der Waals surface area contributed by atoms with Crippen LogP contribution in [0, 0.1) is 5.82 Å². The lowest BCUT2D eigenvalue weighted by Gasteiger charge is -2.12. The van der Waals surface area contributed by atoms with Crippen molar-refractivity contribution < 1.29 is 17.6 Å². The zero-order chi connectivity index (χ0) is 13.5. The topological polar surface area (TPSA) is 80.5 Å². The third-order valence-corrected chi connectivity index (χ3v) is 5.15. The quantitative estimate of drug-likeness (QED) is 0.791. The summed E-state index contributed by atoms with van der Waals surface area (Å²) in [5, 5.41) is -1.19. The van der Waals surface area contributed by atoms with Crippen LogP contribution in [0.3, 0.4) is 0 Å². The Kier molecular flexibility index (Phi) is 3.02. The van der Waals surface area contributed by atoms with Gasteiger partial charge in [-0.15, -0.1) is 0 Å². The van der Waals surface area contributed by atoms with Crippen LogP contribution in [0.1, 0.15) is 6.42 Å². The molecule has 5 nitrogen and oxygen atoms in total. The molecule has 1 fully saturated rings. The first kappa shape index (κ1) is 12.8. The number of nitrogens with zero attached hydrogens (tertiary/aromatic N) is 1. The Labute approximate surface area is 104 Å².